The molecule has 0 radical (unpaired) electrons. The third-order valence-electron chi connectivity index (χ3n) is 3.95. The molecule has 2 aromatic heterocycles. The topological polar surface area (TPSA) is 64.2 Å². The SMILES string of the molecule is COCCc1nc2sc(C)c(-c3cc(C)ccc3OC)c2c(=O)[nH]1. The van der Waals surface area contributed by atoms with Gasteiger partial charge in [-0.3, -0.25) is 4.79 Å². The van der Waals surface area contributed by atoms with Crippen LogP contribution in [0.2, 0.25) is 0 Å². The van der Waals surface area contributed by atoms with E-state index in [1.807, 2.05) is 32.0 Å². The van der Waals surface area contributed by atoms with Crippen molar-refractivity contribution in [1.82, 2.24) is 9.97 Å². The summed E-state index contributed by atoms with van der Waals surface area (Å²) >= 11 is 1.53. The molecule has 0 aliphatic carbocycles. The molecule has 1 N–H and O–H groups in total. The summed E-state index contributed by atoms with van der Waals surface area (Å²) in [5.74, 6) is 1.41. The highest BCUT2D eigenvalue weighted by Crippen LogP contribution is 2.40. The number of hydrogen-bond acceptors (Lipinski definition) is 5. The van der Waals surface area contributed by atoms with Gasteiger partial charge in [0.2, 0.25) is 0 Å². The summed E-state index contributed by atoms with van der Waals surface area (Å²) in [7, 11) is 3.28. The van der Waals surface area contributed by atoms with E-state index in [-0.39, 0.29) is 5.56 Å². The van der Waals surface area contributed by atoms with Crippen molar-refractivity contribution in [2.24, 2.45) is 0 Å². The number of hydrogen-bond donors (Lipinski definition) is 1. The summed E-state index contributed by atoms with van der Waals surface area (Å²) in [5.41, 5.74) is 2.83. The molecular formula is C18H20N2O3S. The molecule has 1 aromatic carbocycles. The van der Waals surface area contributed by atoms with Crippen molar-refractivity contribution in [2.75, 3.05) is 20.8 Å². The zero-order valence-corrected chi connectivity index (χ0v) is 15.0. The summed E-state index contributed by atoms with van der Waals surface area (Å²) < 4.78 is 10.6. The van der Waals surface area contributed by atoms with Gasteiger partial charge in [0.25, 0.3) is 5.56 Å². The van der Waals surface area contributed by atoms with Crippen LogP contribution in [-0.4, -0.2) is 30.8 Å². The van der Waals surface area contributed by atoms with Crippen LogP contribution in [0.5, 0.6) is 5.75 Å². The van der Waals surface area contributed by atoms with E-state index < -0.39 is 0 Å². The van der Waals surface area contributed by atoms with Gasteiger partial charge in [0.05, 0.1) is 19.1 Å². The predicted molar refractivity (Wildman–Crippen MR) is 97.3 cm³/mol. The van der Waals surface area contributed by atoms with Crippen LogP contribution in [0.3, 0.4) is 0 Å². The molecule has 0 aliphatic rings. The first kappa shape index (κ1) is 16.7. The van der Waals surface area contributed by atoms with Crippen LogP contribution in [0.25, 0.3) is 21.3 Å². The summed E-state index contributed by atoms with van der Waals surface area (Å²) in [5, 5.41) is 0.627. The Bertz CT molecular complexity index is 943. The van der Waals surface area contributed by atoms with Gasteiger partial charge < -0.3 is 14.5 Å². The number of aromatic amines is 1. The molecule has 5 nitrogen and oxygen atoms in total. The highest BCUT2D eigenvalue weighted by molar-refractivity contribution is 7.19. The molecule has 3 rings (SSSR count). The summed E-state index contributed by atoms with van der Waals surface area (Å²) in [6.45, 7) is 4.56. The second kappa shape index (κ2) is 6.75. The zero-order chi connectivity index (χ0) is 17.3. The monoisotopic (exact) mass is 344 g/mol. The predicted octanol–water partition coefficient (Wildman–Crippen LogP) is 3.47. The number of nitrogens with one attached hydrogen (secondary N) is 1. The second-order valence-electron chi connectivity index (χ2n) is 5.67. The fourth-order valence-electron chi connectivity index (χ4n) is 2.82. The lowest BCUT2D eigenvalue weighted by molar-refractivity contribution is 0.200. The largest absolute Gasteiger partial charge is 0.496 e. The molecule has 0 atom stereocenters. The van der Waals surface area contributed by atoms with Crippen molar-refractivity contribution in [3.63, 3.8) is 0 Å². The Kier molecular flexibility index (Phi) is 4.69. The first-order valence-electron chi connectivity index (χ1n) is 7.71. The van der Waals surface area contributed by atoms with Crippen molar-refractivity contribution >= 4 is 21.6 Å². The van der Waals surface area contributed by atoms with Crippen LogP contribution >= 0.6 is 11.3 Å². The number of ether oxygens (including phenoxy) is 2. The van der Waals surface area contributed by atoms with E-state index in [1.165, 1.54) is 11.3 Å². The van der Waals surface area contributed by atoms with E-state index in [0.29, 0.717) is 24.2 Å². The number of aryl methyl sites for hydroxylation is 2. The fraction of sp³-hybridized carbons (Fsp3) is 0.333. The van der Waals surface area contributed by atoms with Gasteiger partial charge in [-0.05, 0) is 26.0 Å². The number of benzene rings is 1. The first-order chi connectivity index (χ1) is 11.5. The lowest BCUT2D eigenvalue weighted by atomic mass is 10.0. The summed E-state index contributed by atoms with van der Waals surface area (Å²) in [4.78, 5) is 22.0. The van der Waals surface area contributed by atoms with E-state index in [4.69, 9.17) is 9.47 Å². The van der Waals surface area contributed by atoms with Gasteiger partial charge in [-0.25, -0.2) is 4.98 Å². The third-order valence-corrected chi connectivity index (χ3v) is 4.95. The molecule has 24 heavy (non-hydrogen) atoms. The molecule has 0 unspecified atom stereocenters. The minimum Gasteiger partial charge on any atom is -0.496 e. The van der Waals surface area contributed by atoms with E-state index in [9.17, 15) is 4.79 Å². The van der Waals surface area contributed by atoms with Gasteiger partial charge in [0, 0.05) is 29.5 Å². The Morgan fingerprint density at radius 2 is 2.04 bits per heavy atom. The van der Waals surface area contributed by atoms with Crippen LogP contribution in [0, 0.1) is 13.8 Å². The minimum absolute atomic E-state index is 0.117. The fourth-order valence-corrected chi connectivity index (χ4v) is 3.88. The Balaban J connectivity index is 2.25. The second-order valence-corrected chi connectivity index (χ2v) is 6.88. The average Bonchev–Trinajstić information content (AvgIpc) is 2.89. The highest BCUT2D eigenvalue weighted by Gasteiger charge is 2.19. The molecule has 126 valence electrons. The van der Waals surface area contributed by atoms with E-state index in [1.54, 1.807) is 14.2 Å². The Hall–Kier alpha value is -2.18. The number of aromatic nitrogens is 2. The quantitative estimate of drug-likeness (QED) is 0.770. The number of H-pyrrole nitrogens is 1. The van der Waals surface area contributed by atoms with E-state index in [2.05, 4.69) is 9.97 Å². The lowest BCUT2D eigenvalue weighted by Gasteiger charge is -2.10. The number of methoxy groups -OCH3 is 2. The Morgan fingerprint density at radius 3 is 2.75 bits per heavy atom. The molecular weight excluding hydrogens is 324 g/mol. The Labute approximate surface area is 144 Å². The van der Waals surface area contributed by atoms with Crippen LogP contribution in [0.4, 0.5) is 0 Å². The normalized spacial score (nSPS) is 11.2. The number of fused-ring (bicyclic) bond motifs is 1. The molecule has 0 aliphatic heterocycles. The van der Waals surface area contributed by atoms with Gasteiger partial charge in [-0.1, -0.05) is 11.6 Å². The highest BCUT2D eigenvalue weighted by atomic mass is 32.1. The van der Waals surface area contributed by atoms with Crippen LogP contribution in [0.15, 0.2) is 23.0 Å². The maximum absolute atomic E-state index is 12.7. The molecule has 0 saturated carbocycles. The van der Waals surface area contributed by atoms with Crippen molar-refractivity contribution in [3.8, 4) is 16.9 Å². The summed E-state index contributed by atoms with van der Waals surface area (Å²) in [6, 6.07) is 5.98. The molecule has 3 aromatic rings. The van der Waals surface area contributed by atoms with Crippen LogP contribution < -0.4 is 10.3 Å². The molecule has 6 heteroatoms. The van der Waals surface area contributed by atoms with Gasteiger partial charge in [-0.2, -0.15) is 0 Å². The molecule has 0 saturated heterocycles. The minimum atomic E-state index is -0.117. The average molecular weight is 344 g/mol. The molecule has 0 amide bonds. The smallest absolute Gasteiger partial charge is 0.260 e. The zero-order valence-electron chi connectivity index (χ0n) is 14.2. The number of rotatable bonds is 5. The molecule has 0 bridgehead atoms. The van der Waals surface area contributed by atoms with E-state index in [0.717, 1.165) is 32.1 Å². The number of nitrogens with zero attached hydrogens (tertiary/aromatic N) is 1. The molecule has 2 heterocycles. The van der Waals surface area contributed by atoms with Crippen LogP contribution in [-0.2, 0) is 11.2 Å². The lowest BCUT2D eigenvalue weighted by Crippen LogP contribution is -2.13. The maximum atomic E-state index is 12.7. The third kappa shape index (κ3) is 2.95. The van der Waals surface area contributed by atoms with Gasteiger partial charge >= 0.3 is 0 Å². The van der Waals surface area contributed by atoms with Gasteiger partial charge in [0.1, 0.15) is 16.4 Å². The summed E-state index contributed by atoms with van der Waals surface area (Å²) in [6.07, 6.45) is 0.585. The van der Waals surface area contributed by atoms with Crippen LogP contribution in [0.1, 0.15) is 16.3 Å². The van der Waals surface area contributed by atoms with Crippen molar-refractivity contribution in [3.05, 3.63) is 44.8 Å². The number of thiophene rings is 1. The first-order valence-corrected chi connectivity index (χ1v) is 8.53. The molecule has 0 fully saturated rings. The molecule has 0 spiro atoms. The van der Waals surface area contributed by atoms with Gasteiger partial charge in [-0.15, -0.1) is 11.3 Å². The van der Waals surface area contributed by atoms with E-state index >= 15 is 0 Å². The standard InChI is InChI=1S/C18H20N2O3S/c1-10-5-6-13(23-4)12(9-10)15-11(2)24-18-16(15)17(21)19-14(20-18)7-8-22-3/h5-6,9H,7-8H2,1-4H3,(H,19,20,21). The maximum Gasteiger partial charge on any atom is 0.260 e. The van der Waals surface area contributed by atoms with Crippen molar-refractivity contribution < 1.29 is 9.47 Å². The van der Waals surface area contributed by atoms with Crippen molar-refractivity contribution in [2.45, 2.75) is 20.3 Å². The van der Waals surface area contributed by atoms with Crippen molar-refractivity contribution in [1.29, 1.82) is 0 Å². The van der Waals surface area contributed by atoms with Gasteiger partial charge in [0.15, 0.2) is 0 Å². The Morgan fingerprint density at radius 1 is 1.25 bits per heavy atom.